The zero-order chi connectivity index (χ0) is 19.6. The monoisotopic (exact) mass is 399 g/mol. The quantitative estimate of drug-likeness (QED) is 0.796. The van der Waals surface area contributed by atoms with Gasteiger partial charge in [-0.1, -0.05) is 17.7 Å². The van der Waals surface area contributed by atoms with Crippen LogP contribution in [0.3, 0.4) is 0 Å². The first-order valence-electron chi connectivity index (χ1n) is 7.57. The van der Waals surface area contributed by atoms with Crippen LogP contribution in [0.5, 0.6) is 5.75 Å². The van der Waals surface area contributed by atoms with Crippen LogP contribution in [0.25, 0.3) is 11.3 Å². The summed E-state index contributed by atoms with van der Waals surface area (Å²) < 4.78 is 34.0. The van der Waals surface area contributed by atoms with E-state index in [1.807, 2.05) is 0 Å². The molecule has 8 nitrogen and oxygen atoms in total. The molecule has 1 aromatic carbocycles. The van der Waals surface area contributed by atoms with Gasteiger partial charge in [-0.2, -0.15) is 8.78 Å². The molecule has 1 N–H and O–H groups in total. The van der Waals surface area contributed by atoms with Gasteiger partial charge in [0.25, 0.3) is 0 Å². The van der Waals surface area contributed by atoms with Gasteiger partial charge in [-0.15, -0.1) is 0 Å². The number of rotatable bonds is 6. The summed E-state index contributed by atoms with van der Waals surface area (Å²) in [5, 5.41) is 8.93. The van der Waals surface area contributed by atoms with Crippen molar-refractivity contribution in [1.82, 2.24) is 14.9 Å². The number of carboxylic acids is 1. The molecule has 0 radical (unpaired) electrons. The average molecular weight is 400 g/mol. The van der Waals surface area contributed by atoms with Gasteiger partial charge in [0, 0.05) is 5.56 Å². The number of ether oxygens (including phenoxy) is 2. The minimum atomic E-state index is -3.03. The number of aliphatic carboxylic acids is 1. The third-order valence-electron chi connectivity index (χ3n) is 3.64. The second-order valence-corrected chi connectivity index (χ2v) is 5.92. The molecule has 0 aliphatic carbocycles. The summed E-state index contributed by atoms with van der Waals surface area (Å²) >= 11 is 5.83. The molecule has 2 aromatic rings. The summed E-state index contributed by atoms with van der Waals surface area (Å²) in [6, 6.07) is 4.24. The highest BCUT2D eigenvalue weighted by atomic mass is 35.5. The van der Waals surface area contributed by atoms with Crippen LogP contribution < -0.4 is 4.74 Å². The largest absolute Gasteiger partial charge is 0.478 e. The number of alkyl halides is 2. The number of halogens is 3. The minimum Gasteiger partial charge on any atom is -0.478 e. The fraction of sp³-hybridized carbons (Fsp3) is 0.250. The van der Waals surface area contributed by atoms with Crippen molar-refractivity contribution in [3.63, 3.8) is 0 Å². The van der Waals surface area contributed by atoms with E-state index in [4.69, 9.17) is 21.4 Å². The zero-order valence-corrected chi connectivity index (χ0v) is 14.3. The lowest BCUT2D eigenvalue weighted by Crippen LogP contribution is -2.27. The van der Waals surface area contributed by atoms with Crippen molar-refractivity contribution in [2.75, 3.05) is 6.54 Å². The smallest absolute Gasteiger partial charge is 0.411 e. The van der Waals surface area contributed by atoms with E-state index in [1.165, 1.54) is 29.4 Å². The molecule has 27 heavy (non-hydrogen) atoms. The zero-order valence-electron chi connectivity index (χ0n) is 13.5. The number of amides is 1. The Morgan fingerprint density at radius 3 is 2.89 bits per heavy atom. The molecule has 1 aliphatic rings. The minimum absolute atomic E-state index is 0.0164. The van der Waals surface area contributed by atoms with E-state index in [2.05, 4.69) is 14.7 Å². The van der Waals surface area contributed by atoms with Crippen LogP contribution in [0, 0.1) is 0 Å². The van der Waals surface area contributed by atoms with Gasteiger partial charge in [0.1, 0.15) is 5.75 Å². The molecule has 1 fully saturated rings. The van der Waals surface area contributed by atoms with Crippen LogP contribution in [-0.4, -0.2) is 51.3 Å². The molecule has 1 unspecified atom stereocenters. The van der Waals surface area contributed by atoms with E-state index in [0.29, 0.717) is 17.0 Å². The lowest BCUT2D eigenvalue weighted by molar-refractivity contribution is -0.144. The standard InChI is InChI=1S/C16H12ClF2N3O5/c17-10-2-1-8(3-12(10)26-15(18)19)11-5-20-4-9(21-11)6-22-7-13(14(23)24)27-16(22)25/h1-5,13,15H,6-7H2,(H,23,24). The molecule has 11 heteroatoms. The molecule has 1 amide bonds. The summed E-state index contributed by atoms with van der Waals surface area (Å²) in [4.78, 5) is 32.1. The van der Waals surface area contributed by atoms with Gasteiger partial charge in [-0.05, 0) is 12.1 Å². The second kappa shape index (κ2) is 7.70. The van der Waals surface area contributed by atoms with Gasteiger partial charge in [0.15, 0.2) is 0 Å². The Hall–Kier alpha value is -3.01. The maximum atomic E-state index is 12.5. The summed E-state index contributed by atoms with van der Waals surface area (Å²) in [6.45, 7) is -3.16. The first-order chi connectivity index (χ1) is 12.8. The summed E-state index contributed by atoms with van der Waals surface area (Å²) in [5.41, 5.74) is 1.13. The van der Waals surface area contributed by atoms with Gasteiger partial charge >= 0.3 is 18.7 Å². The third kappa shape index (κ3) is 4.40. The van der Waals surface area contributed by atoms with E-state index >= 15 is 0 Å². The van der Waals surface area contributed by atoms with Crippen molar-refractivity contribution in [2.24, 2.45) is 0 Å². The van der Waals surface area contributed by atoms with Gasteiger partial charge in [0.05, 0.1) is 41.9 Å². The van der Waals surface area contributed by atoms with E-state index in [1.54, 1.807) is 6.07 Å². The Morgan fingerprint density at radius 1 is 1.44 bits per heavy atom. The first kappa shape index (κ1) is 18.8. The SMILES string of the molecule is O=C(O)C1CN(Cc2cncc(-c3ccc(Cl)c(OC(F)F)c3)n2)C(=O)O1. The Balaban J connectivity index is 1.80. The number of carboxylic acid groups (broad SMARTS) is 1. The Labute approximate surface area is 156 Å². The Morgan fingerprint density at radius 2 is 2.22 bits per heavy atom. The molecule has 0 bridgehead atoms. The molecule has 1 atom stereocenters. The number of carbonyl (C=O) groups is 2. The van der Waals surface area contributed by atoms with Crippen LogP contribution in [0.1, 0.15) is 5.69 Å². The lowest BCUT2D eigenvalue weighted by Gasteiger charge is -2.13. The molecular formula is C16H12ClF2N3O5. The highest BCUT2D eigenvalue weighted by Gasteiger charge is 2.36. The van der Waals surface area contributed by atoms with Gasteiger partial charge in [0.2, 0.25) is 6.10 Å². The van der Waals surface area contributed by atoms with Crippen LogP contribution in [0.15, 0.2) is 30.6 Å². The van der Waals surface area contributed by atoms with Crippen molar-refractivity contribution < 1.29 is 33.0 Å². The molecule has 3 rings (SSSR count). The maximum absolute atomic E-state index is 12.5. The van der Waals surface area contributed by atoms with Crippen molar-refractivity contribution in [2.45, 2.75) is 19.3 Å². The molecule has 1 saturated heterocycles. The van der Waals surface area contributed by atoms with E-state index in [0.717, 1.165) is 0 Å². The second-order valence-electron chi connectivity index (χ2n) is 5.51. The average Bonchev–Trinajstić information content (AvgIpc) is 2.98. The topological polar surface area (TPSA) is 102 Å². The van der Waals surface area contributed by atoms with Crippen molar-refractivity contribution >= 4 is 23.7 Å². The van der Waals surface area contributed by atoms with Gasteiger partial charge in [-0.3, -0.25) is 9.88 Å². The van der Waals surface area contributed by atoms with Crippen LogP contribution >= 0.6 is 11.6 Å². The molecule has 1 aromatic heterocycles. The number of carbonyl (C=O) groups excluding carboxylic acids is 1. The van der Waals surface area contributed by atoms with Crippen molar-refractivity contribution in [3.8, 4) is 17.0 Å². The molecular weight excluding hydrogens is 388 g/mol. The lowest BCUT2D eigenvalue weighted by atomic mass is 10.1. The molecule has 142 valence electrons. The Kier molecular flexibility index (Phi) is 5.36. The van der Waals surface area contributed by atoms with E-state index in [-0.39, 0.29) is 23.9 Å². The molecule has 1 aliphatic heterocycles. The van der Waals surface area contributed by atoms with Gasteiger partial charge in [-0.25, -0.2) is 14.6 Å². The van der Waals surface area contributed by atoms with E-state index in [9.17, 15) is 18.4 Å². The predicted molar refractivity (Wildman–Crippen MR) is 87.4 cm³/mol. The van der Waals surface area contributed by atoms with Crippen molar-refractivity contribution in [1.29, 1.82) is 0 Å². The Bertz CT molecular complexity index is 883. The van der Waals surface area contributed by atoms with Crippen LogP contribution in [0.4, 0.5) is 13.6 Å². The van der Waals surface area contributed by atoms with Gasteiger partial charge < -0.3 is 14.6 Å². The number of benzene rings is 1. The number of hydrogen-bond acceptors (Lipinski definition) is 6. The van der Waals surface area contributed by atoms with Crippen LogP contribution in [-0.2, 0) is 16.1 Å². The fourth-order valence-electron chi connectivity index (χ4n) is 2.43. The number of aromatic nitrogens is 2. The fourth-order valence-corrected chi connectivity index (χ4v) is 2.59. The number of hydrogen-bond donors (Lipinski definition) is 1. The normalized spacial score (nSPS) is 16.5. The predicted octanol–water partition coefficient (Wildman–Crippen LogP) is 2.80. The van der Waals surface area contributed by atoms with Crippen molar-refractivity contribution in [3.05, 3.63) is 41.3 Å². The molecule has 2 heterocycles. The number of cyclic esters (lactones) is 1. The first-order valence-corrected chi connectivity index (χ1v) is 7.95. The highest BCUT2D eigenvalue weighted by Crippen LogP contribution is 2.31. The molecule has 0 saturated carbocycles. The third-order valence-corrected chi connectivity index (χ3v) is 3.96. The highest BCUT2D eigenvalue weighted by molar-refractivity contribution is 6.32. The van der Waals surface area contributed by atoms with Crippen LogP contribution in [0.2, 0.25) is 5.02 Å². The maximum Gasteiger partial charge on any atom is 0.411 e. The van der Waals surface area contributed by atoms with E-state index < -0.39 is 24.8 Å². The summed E-state index contributed by atoms with van der Waals surface area (Å²) in [5.74, 6) is -1.44. The summed E-state index contributed by atoms with van der Waals surface area (Å²) in [6.07, 6.45) is 0.797. The molecule has 0 spiro atoms. The summed E-state index contributed by atoms with van der Waals surface area (Å²) in [7, 11) is 0. The number of nitrogens with zero attached hydrogens (tertiary/aromatic N) is 3.